The molecule has 0 aliphatic heterocycles. The zero-order chi connectivity index (χ0) is 21.8. The Morgan fingerprint density at radius 3 is 2.35 bits per heavy atom. The zero-order valence-electron chi connectivity index (χ0n) is 18.2. The van der Waals surface area contributed by atoms with Gasteiger partial charge < -0.3 is 10.1 Å². The molecule has 3 aromatic rings. The number of carbonyl (C=O) groups excluding carboxylic acids is 1. The van der Waals surface area contributed by atoms with E-state index in [1.165, 1.54) is 22.3 Å². The van der Waals surface area contributed by atoms with Gasteiger partial charge in [0, 0.05) is 25.1 Å². The first kappa shape index (κ1) is 20.7. The molecule has 0 saturated carbocycles. The van der Waals surface area contributed by atoms with Crippen LogP contribution in [0.15, 0.2) is 60.9 Å². The number of fused-ring (bicyclic) bond motifs is 3. The molecule has 0 unspecified atom stereocenters. The van der Waals surface area contributed by atoms with E-state index < -0.39 is 6.09 Å². The quantitative estimate of drug-likeness (QED) is 0.488. The first-order valence-electron chi connectivity index (χ1n) is 10.6. The van der Waals surface area contributed by atoms with E-state index in [1.807, 2.05) is 35.1 Å². The normalized spacial score (nSPS) is 12.5. The maximum absolute atomic E-state index is 12.2. The molecule has 1 aromatic heterocycles. The first-order chi connectivity index (χ1) is 14.9. The van der Waals surface area contributed by atoms with Crippen LogP contribution in [0.5, 0.6) is 0 Å². The lowest BCUT2D eigenvalue weighted by Gasteiger charge is -2.18. The number of alkyl carbamates (subject to hydrolysis) is 1. The Bertz CT molecular complexity index is 1100. The molecular formula is C26H27N3O2. The highest BCUT2D eigenvalue weighted by Gasteiger charge is 2.28. The predicted octanol–water partition coefficient (Wildman–Crippen LogP) is 4.92. The van der Waals surface area contributed by atoms with E-state index in [0.717, 1.165) is 5.56 Å². The topological polar surface area (TPSA) is 56.2 Å². The van der Waals surface area contributed by atoms with Crippen LogP contribution in [-0.2, 0) is 10.3 Å². The standard InChI is InChI=1S/C26H27N3O2/c1-26(2,3)29-17-19(16-28-29)10-8-9-15-27-25(30)31-18-24-22-13-6-4-11-20(22)21-12-5-7-14-23(21)24/h4-7,11-14,16-17,24H,9,15,18H2,1-3H3,(H,27,30). The number of rotatable bonds is 4. The van der Waals surface area contributed by atoms with Gasteiger partial charge in [0.15, 0.2) is 0 Å². The average molecular weight is 414 g/mol. The summed E-state index contributed by atoms with van der Waals surface area (Å²) in [4.78, 5) is 12.2. The van der Waals surface area contributed by atoms with Crippen LogP contribution >= 0.6 is 0 Å². The fraction of sp³-hybridized carbons (Fsp3) is 0.308. The van der Waals surface area contributed by atoms with Gasteiger partial charge in [-0.2, -0.15) is 5.10 Å². The smallest absolute Gasteiger partial charge is 0.407 e. The molecule has 158 valence electrons. The van der Waals surface area contributed by atoms with Crippen molar-refractivity contribution in [1.82, 2.24) is 15.1 Å². The molecule has 4 rings (SSSR count). The number of hydrogen-bond acceptors (Lipinski definition) is 3. The summed E-state index contributed by atoms with van der Waals surface area (Å²) in [5, 5.41) is 7.12. The third kappa shape index (κ3) is 4.64. The average Bonchev–Trinajstić information content (AvgIpc) is 3.35. The summed E-state index contributed by atoms with van der Waals surface area (Å²) < 4.78 is 7.43. The molecule has 1 amide bonds. The molecular weight excluding hydrogens is 386 g/mol. The van der Waals surface area contributed by atoms with Gasteiger partial charge in [-0.1, -0.05) is 60.4 Å². The van der Waals surface area contributed by atoms with Crippen molar-refractivity contribution in [2.24, 2.45) is 0 Å². The maximum atomic E-state index is 12.2. The van der Waals surface area contributed by atoms with Gasteiger partial charge in [-0.3, -0.25) is 4.68 Å². The summed E-state index contributed by atoms with van der Waals surface area (Å²) in [6.07, 6.45) is 3.83. The predicted molar refractivity (Wildman–Crippen MR) is 122 cm³/mol. The van der Waals surface area contributed by atoms with Crippen molar-refractivity contribution in [1.29, 1.82) is 0 Å². The Balaban J connectivity index is 1.27. The number of hydrogen-bond donors (Lipinski definition) is 1. The Morgan fingerprint density at radius 1 is 1.10 bits per heavy atom. The molecule has 0 saturated heterocycles. The second-order valence-electron chi connectivity index (χ2n) is 8.65. The van der Waals surface area contributed by atoms with Crippen LogP contribution < -0.4 is 5.32 Å². The van der Waals surface area contributed by atoms with Crippen molar-refractivity contribution >= 4 is 6.09 Å². The number of nitrogens with one attached hydrogen (secondary N) is 1. The molecule has 0 fully saturated rings. The first-order valence-corrected chi connectivity index (χ1v) is 10.6. The molecule has 0 radical (unpaired) electrons. The Labute approximate surface area is 183 Å². The van der Waals surface area contributed by atoms with Crippen LogP contribution in [-0.4, -0.2) is 29.0 Å². The summed E-state index contributed by atoms with van der Waals surface area (Å²) in [6.45, 7) is 7.04. The SMILES string of the molecule is CC(C)(C)n1cc(C#CCCNC(=O)OCC2c3ccccc3-c3ccccc32)cn1. The van der Waals surface area contributed by atoms with Gasteiger partial charge in [0.1, 0.15) is 6.61 Å². The van der Waals surface area contributed by atoms with Crippen molar-refractivity contribution in [3.05, 3.63) is 77.6 Å². The molecule has 2 aromatic carbocycles. The fourth-order valence-electron chi connectivity index (χ4n) is 3.80. The highest BCUT2D eigenvalue weighted by molar-refractivity contribution is 5.79. The van der Waals surface area contributed by atoms with Crippen LogP contribution in [0.3, 0.4) is 0 Å². The molecule has 1 aliphatic rings. The highest BCUT2D eigenvalue weighted by Crippen LogP contribution is 2.44. The molecule has 31 heavy (non-hydrogen) atoms. The van der Waals surface area contributed by atoms with Crippen LogP contribution in [0.1, 0.15) is 49.8 Å². The summed E-state index contributed by atoms with van der Waals surface area (Å²) in [6, 6.07) is 16.6. The van der Waals surface area contributed by atoms with Gasteiger partial charge in [-0.05, 0) is 43.0 Å². The van der Waals surface area contributed by atoms with Crippen LogP contribution in [0.2, 0.25) is 0 Å². The maximum Gasteiger partial charge on any atom is 0.407 e. The molecule has 0 spiro atoms. The Kier molecular flexibility index (Phi) is 5.81. The van der Waals surface area contributed by atoms with Crippen molar-refractivity contribution in [3.63, 3.8) is 0 Å². The zero-order valence-corrected chi connectivity index (χ0v) is 18.2. The second-order valence-corrected chi connectivity index (χ2v) is 8.65. The van der Waals surface area contributed by atoms with Gasteiger partial charge >= 0.3 is 6.09 Å². The number of nitrogens with zero attached hydrogens (tertiary/aromatic N) is 2. The molecule has 1 N–H and O–H groups in total. The minimum Gasteiger partial charge on any atom is -0.449 e. The van der Waals surface area contributed by atoms with Crippen LogP contribution in [0, 0.1) is 11.8 Å². The van der Waals surface area contributed by atoms with Gasteiger partial charge in [0.05, 0.1) is 17.3 Å². The molecule has 0 bridgehead atoms. The van der Waals surface area contributed by atoms with Gasteiger partial charge in [0.25, 0.3) is 0 Å². The molecule has 5 nitrogen and oxygen atoms in total. The monoisotopic (exact) mass is 413 g/mol. The molecule has 5 heteroatoms. The number of benzene rings is 2. The van der Waals surface area contributed by atoms with E-state index >= 15 is 0 Å². The van der Waals surface area contributed by atoms with Gasteiger partial charge in [-0.25, -0.2) is 4.79 Å². The largest absolute Gasteiger partial charge is 0.449 e. The van der Waals surface area contributed by atoms with Gasteiger partial charge in [0.2, 0.25) is 0 Å². The Morgan fingerprint density at radius 2 is 1.74 bits per heavy atom. The number of carbonyl (C=O) groups is 1. The van der Waals surface area contributed by atoms with Crippen LogP contribution in [0.25, 0.3) is 11.1 Å². The van der Waals surface area contributed by atoms with E-state index in [4.69, 9.17) is 4.74 Å². The van der Waals surface area contributed by atoms with E-state index in [0.29, 0.717) is 19.6 Å². The molecule has 1 heterocycles. The number of ether oxygens (including phenoxy) is 1. The minimum atomic E-state index is -0.413. The minimum absolute atomic E-state index is 0.0639. The van der Waals surface area contributed by atoms with Gasteiger partial charge in [-0.15, -0.1) is 0 Å². The summed E-state index contributed by atoms with van der Waals surface area (Å²) in [5.41, 5.74) is 5.66. The molecule has 1 aliphatic carbocycles. The van der Waals surface area contributed by atoms with E-state index in [-0.39, 0.29) is 11.5 Å². The van der Waals surface area contributed by atoms with Crippen molar-refractivity contribution in [2.75, 3.05) is 13.2 Å². The number of amides is 1. The highest BCUT2D eigenvalue weighted by atomic mass is 16.5. The summed E-state index contributed by atoms with van der Waals surface area (Å²) in [5.74, 6) is 6.22. The summed E-state index contributed by atoms with van der Waals surface area (Å²) >= 11 is 0. The number of aromatic nitrogens is 2. The Hall–Kier alpha value is -3.52. The van der Waals surface area contributed by atoms with E-state index in [9.17, 15) is 4.79 Å². The third-order valence-corrected chi connectivity index (χ3v) is 5.37. The second kappa shape index (κ2) is 8.69. The fourth-order valence-corrected chi connectivity index (χ4v) is 3.80. The van der Waals surface area contributed by atoms with Crippen LogP contribution in [0.4, 0.5) is 4.79 Å². The van der Waals surface area contributed by atoms with Crippen molar-refractivity contribution in [3.8, 4) is 23.0 Å². The van der Waals surface area contributed by atoms with Crippen molar-refractivity contribution in [2.45, 2.75) is 38.6 Å². The summed E-state index contributed by atoms with van der Waals surface area (Å²) in [7, 11) is 0. The lowest BCUT2D eigenvalue weighted by molar-refractivity contribution is 0.143. The van der Waals surface area contributed by atoms with Crippen molar-refractivity contribution < 1.29 is 9.53 Å². The lowest BCUT2D eigenvalue weighted by Crippen LogP contribution is -2.26. The van der Waals surface area contributed by atoms with E-state index in [1.54, 1.807) is 6.20 Å². The molecule has 0 atom stereocenters. The van der Waals surface area contributed by atoms with E-state index in [2.05, 4.69) is 67.3 Å². The lowest BCUT2D eigenvalue weighted by atomic mass is 9.98. The third-order valence-electron chi connectivity index (χ3n) is 5.37.